The number of benzene rings is 2. The third kappa shape index (κ3) is 2.84. The summed E-state index contributed by atoms with van der Waals surface area (Å²) in [5.74, 6) is 0. The zero-order chi connectivity index (χ0) is 13.9. The molecule has 0 bridgehead atoms. The van der Waals surface area contributed by atoms with E-state index in [2.05, 4.69) is 11.1 Å². The summed E-state index contributed by atoms with van der Waals surface area (Å²) in [7, 11) is 0. The Labute approximate surface area is 127 Å². The van der Waals surface area contributed by atoms with E-state index in [9.17, 15) is 0 Å². The van der Waals surface area contributed by atoms with Crippen molar-refractivity contribution in [1.82, 2.24) is 4.98 Å². The second-order valence-corrected chi connectivity index (χ2v) is 5.35. The molecule has 0 amide bonds. The normalized spacial score (nSPS) is 10.5. The van der Waals surface area contributed by atoms with E-state index < -0.39 is 0 Å². The van der Waals surface area contributed by atoms with Gasteiger partial charge in [-0.25, -0.2) is 0 Å². The molecule has 3 heteroatoms. The fourth-order valence-electron chi connectivity index (χ4n) is 2.04. The number of rotatable bonds is 2. The van der Waals surface area contributed by atoms with Crippen LogP contribution >= 0.6 is 23.2 Å². The van der Waals surface area contributed by atoms with Crippen LogP contribution in [0.25, 0.3) is 22.3 Å². The van der Waals surface area contributed by atoms with Gasteiger partial charge in [0, 0.05) is 33.6 Å². The smallest absolute Gasteiger partial charge is 0.0406 e. The molecule has 1 aromatic heterocycles. The second-order valence-electron chi connectivity index (χ2n) is 4.48. The largest absolute Gasteiger partial charge is 0.263 e. The monoisotopic (exact) mass is 299 g/mol. The number of nitrogens with zero attached hydrogens (tertiary/aromatic N) is 1. The van der Waals surface area contributed by atoms with E-state index >= 15 is 0 Å². The average Bonchev–Trinajstić information content (AvgIpc) is 2.49. The number of pyridine rings is 1. The zero-order valence-corrected chi connectivity index (χ0v) is 12.1. The quantitative estimate of drug-likeness (QED) is 0.589. The summed E-state index contributed by atoms with van der Waals surface area (Å²) < 4.78 is 0. The zero-order valence-electron chi connectivity index (χ0n) is 10.6. The summed E-state index contributed by atoms with van der Waals surface area (Å²) in [6.45, 7) is 0. The van der Waals surface area contributed by atoms with Crippen molar-refractivity contribution in [2.45, 2.75) is 0 Å². The molecule has 0 spiro atoms. The summed E-state index contributed by atoms with van der Waals surface area (Å²) in [6, 6.07) is 17.6. The number of halogens is 2. The van der Waals surface area contributed by atoms with Gasteiger partial charge in [-0.3, -0.25) is 4.98 Å². The maximum atomic E-state index is 5.91. The Morgan fingerprint density at radius 2 is 0.950 bits per heavy atom. The Kier molecular flexibility index (Phi) is 3.72. The van der Waals surface area contributed by atoms with Gasteiger partial charge in [0.15, 0.2) is 0 Å². The van der Waals surface area contributed by atoms with Crippen LogP contribution in [0.3, 0.4) is 0 Å². The fraction of sp³-hybridized carbons (Fsp3) is 0. The van der Waals surface area contributed by atoms with E-state index in [1.807, 2.05) is 60.9 Å². The maximum Gasteiger partial charge on any atom is 0.0406 e. The standard InChI is InChI=1S/C17H11Cl2N/c18-16-5-1-12(2-6-16)14-9-15(11-20-10-14)13-3-7-17(19)8-4-13/h1-11H. The molecule has 1 nitrogen and oxygen atoms in total. The van der Waals surface area contributed by atoms with Gasteiger partial charge in [0.25, 0.3) is 0 Å². The van der Waals surface area contributed by atoms with Crippen LogP contribution < -0.4 is 0 Å². The SMILES string of the molecule is Clc1ccc(-c2cncc(-c3ccc(Cl)cc3)c2)cc1. The predicted molar refractivity (Wildman–Crippen MR) is 85.1 cm³/mol. The van der Waals surface area contributed by atoms with E-state index in [0.717, 1.165) is 32.3 Å². The minimum atomic E-state index is 0.732. The Bertz CT molecular complexity index is 658. The van der Waals surface area contributed by atoms with Crippen molar-refractivity contribution >= 4 is 23.2 Å². The minimum absolute atomic E-state index is 0.732. The molecule has 3 rings (SSSR count). The number of hydrogen-bond donors (Lipinski definition) is 0. The lowest BCUT2D eigenvalue weighted by atomic mass is 10.0. The van der Waals surface area contributed by atoms with Gasteiger partial charge >= 0.3 is 0 Å². The van der Waals surface area contributed by atoms with Crippen LogP contribution in [0.1, 0.15) is 0 Å². The van der Waals surface area contributed by atoms with Crippen LogP contribution in [0, 0.1) is 0 Å². The molecule has 1 heterocycles. The van der Waals surface area contributed by atoms with Gasteiger partial charge in [0.2, 0.25) is 0 Å². The molecule has 98 valence electrons. The highest BCUT2D eigenvalue weighted by Gasteiger charge is 2.02. The van der Waals surface area contributed by atoms with Crippen LogP contribution in [0.4, 0.5) is 0 Å². The van der Waals surface area contributed by atoms with Crippen LogP contribution in [-0.2, 0) is 0 Å². The molecule has 0 N–H and O–H groups in total. The molecule has 2 aromatic carbocycles. The Hall–Kier alpha value is -1.83. The van der Waals surface area contributed by atoms with Gasteiger partial charge in [-0.2, -0.15) is 0 Å². The molecule has 20 heavy (non-hydrogen) atoms. The van der Waals surface area contributed by atoms with Crippen molar-refractivity contribution in [2.75, 3.05) is 0 Å². The first-order valence-electron chi connectivity index (χ1n) is 6.19. The van der Waals surface area contributed by atoms with E-state index in [4.69, 9.17) is 23.2 Å². The highest BCUT2D eigenvalue weighted by atomic mass is 35.5. The molecule has 0 saturated carbocycles. The van der Waals surface area contributed by atoms with Crippen molar-refractivity contribution in [2.24, 2.45) is 0 Å². The van der Waals surface area contributed by atoms with E-state index in [1.54, 1.807) is 0 Å². The summed E-state index contributed by atoms with van der Waals surface area (Å²) in [5.41, 5.74) is 4.32. The molecular formula is C17H11Cl2N. The van der Waals surface area contributed by atoms with Gasteiger partial charge < -0.3 is 0 Å². The van der Waals surface area contributed by atoms with Gasteiger partial charge in [0.05, 0.1) is 0 Å². The van der Waals surface area contributed by atoms with Crippen LogP contribution in [0.2, 0.25) is 10.0 Å². The fourth-order valence-corrected chi connectivity index (χ4v) is 2.29. The van der Waals surface area contributed by atoms with Crippen LogP contribution in [0.15, 0.2) is 67.0 Å². The number of hydrogen-bond acceptors (Lipinski definition) is 1. The third-order valence-electron chi connectivity index (χ3n) is 3.09. The second kappa shape index (κ2) is 5.66. The lowest BCUT2D eigenvalue weighted by molar-refractivity contribution is 1.33. The highest BCUT2D eigenvalue weighted by molar-refractivity contribution is 6.30. The molecule has 0 saturated heterocycles. The lowest BCUT2D eigenvalue weighted by Crippen LogP contribution is -1.84. The van der Waals surface area contributed by atoms with Crippen LogP contribution in [-0.4, -0.2) is 4.98 Å². The molecule has 0 aliphatic heterocycles. The first-order chi connectivity index (χ1) is 9.72. The summed E-state index contributed by atoms with van der Waals surface area (Å²) in [4.78, 5) is 4.32. The topological polar surface area (TPSA) is 12.9 Å². The molecule has 0 atom stereocenters. The Morgan fingerprint density at radius 3 is 1.35 bits per heavy atom. The summed E-state index contributed by atoms with van der Waals surface area (Å²) in [6.07, 6.45) is 3.70. The van der Waals surface area contributed by atoms with Gasteiger partial charge in [-0.1, -0.05) is 47.5 Å². The summed E-state index contributed by atoms with van der Waals surface area (Å²) >= 11 is 11.8. The first kappa shape index (κ1) is 13.2. The third-order valence-corrected chi connectivity index (χ3v) is 3.60. The predicted octanol–water partition coefficient (Wildman–Crippen LogP) is 5.72. The average molecular weight is 300 g/mol. The molecule has 0 unspecified atom stereocenters. The van der Waals surface area contributed by atoms with Crippen LogP contribution in [0.5, 0.6) is 0 Å². The lowest BCUT2D eigenvalue weighted by Gasteiger charge is -2.06. The molecule has 0 radical (unpaired) electrons. The van der Waals surface area contributed by atoms with E-state index in [1.165, 1.54) is 0 Å². The van der Waals surface area contributed by atoms with Gasteiger partial charge in [-0.05, 0) is 41.5 Å². The van der Waals surface area contributed by atoms with Crippen molar-refractivity contribution in [3.63, 3.8) is 0 Å². The van der Waals surface area contributed by atoms with Gasteiger partial charge in [-0.15, -0.1) is 0 Å². The molecule has 0 fully saturated rings. The van der Waals surface area contributed by atoms with Crippen molar-refractivity contribution in [3.05, 3.63) is 77.0 Å². The van der Waals surface area contributed by atoms with Gasteiger partial charge in [0.1, 0.15) is 0 Å². The Balaban J connectivity index is 2.01. The number of aromatic nitrogens is 1. The Morgan fingerprint density at radius 1 is 0.550 bits per heavy atom. The van der Waals surface area contributed by atoms with Crippen molar-refractivity contribution in [1.29, 1.82) is 0 Å². The van der Waals surface area contributed by atoms with E-state index in [-0.39, 0.29) is 0 Å². The first-order valence-corrected chi connectivity index (χ1v) is 6.95. The van der Waals surface area contributed by atoms with Crippen molar-refractivity contribution in [3.8, 4) is 22.3 Å². The highest BCUT2D eigenvalue weighted by Crippen LogP contribution is 2.26. The minimum Gasteiger partial charge on any atom is -0.263 e. The molecule has 0 aliphatic rings. The van der Waals surface area contributed by atoms with Crippen molar-refractivity contribution < 1.29 is 0 Å². The maximum absolute atomic E-state index is 5.91. The molecule has 3 aromatic rings. The summed E-state index contributed by atoms with van der Waals surface area (Å²) in [5, 5.41) is 1.46. The molecular weight excluding hydrogens is 289 g/mol. The molecule has 0 aliphatic carbocycles. The van der Waals surface area contributed by atoms with E-state index in [0.29, 0.717) is 0 Å².